The number of rotatable bonds is 3. The van der Waals surface area contributed by atoms with E-state index in [4.69, 9.17) is 16.3 Å². The summed E-state index contributed by atoms with van der Waals surface area (Å²) in [5.74, 6) is 1.57. The molecule has 1 heterocycles. The van der Waals surface area contributed by atoms with Gasteiger partial charge in [0, 0.05) is 5.02 Å². The van der Waals surface area contributed by atoms with Crippen LogP contribution in [0, 0.1) is 5.92 Å². The molecule has 1 saturated heterocycles. The molecule has 0 aromatic heterocycles. The Hall–Kier alpha value is -0.250. The van der Waals surface area contributed by atoms with E-state index >= 15 is 0 Å². The zero-order chi connectivity index (χ0) is 12.3. The fraction of sp³-hybridized carbons (Fsp3) is 0.538. The molecule has 0 radical (unpaired) electrons. The molecule has 17 heavy (non-hydrogen) atoms. The van der Waals surface area contributed by atoms with E-state index in [0.717, 1.165) is 40.7 Å². The molecule has 2 rings (SSSR count). The highest BCUT2D eigenvalue weighted by Gasteiger charge is 2.17. The van der Waals surface area contributed by atoms with Crippen LogP contribution in [0.2, 0.25) is 5.02 Å². The van der Waals surface area contributed by atoms with Crippen LogP contribution >= 0.6 is 27.5 Å². The van der Waals surface area contributed by atoms with Gasteiger partial charge in [-0.25, -0.2) is 0 Å². The van der Waals surface area contributed by atoms with Crippen LogP contribution in [0.5, 0.6) is 5.75 Å². The van der Waals surface area contributed by atoms with E-state index in [-0.39, 0.29) is 0 Å². The highest BCUT2D eigenvalue weighted by molar-refractivity contribution is 9.10. The first-order valence-electron chi connectivity index (χ1n) is 5.93. The Bertz CT molecular complexity index is 391. The Kier molecular flexibility index (Phi) is 4.71. The van der Waals surface area contributed by atoms with Crippen LogP contribution in [-0.4, -0.2) is 20.2 Å². The van der Waals surface area contributed by atoms with Crippen LogP contribution in [0.3, 0.4) is 0 Å². The molecular formula is C13H17BrClNO. The van der Waals surface area contributed by atoms with E-state index in [0.29, 0.717) is 0 Å². The summed E-state index contributed by atoms with van der Waals surface area (Å²) >= 11 is 9.71. The maximum absolute atomic E-state index is 6.11. The Morgan fingerprint density at radius 2 is 2.12 bits per heavy atom. The van der Waals surface area contributed by atoms with Crippen molar-refractivity contribution in [2.75, 3.05) is 20.2 Å². The molecule has 0 bridgehead atoms. The molecule has 0 aliphatic carbocycles. The van der Waals surface area contributed by atoms with Crippen molar-refractivity contribution in [3.8, 4) is 5.75 Å². The Morgan fingerprint density at radius 3 is 2.76 bits per heavy atom. The lowest BCUT2D eigenvalue weighted by atomic mass is 9.91. The molecule has 94 valence electrons. The monoisotopic (exact) mass is 317 g/mol. The van der Waals surface area contributed by atoms with E-state index in [1.54, 1.807) is 7.11 Å². The minimum atomic E-state index is 0.744. The molecule has 1 N–H and O–H groups in total. The van der Waals surface area contributed by atoms with Crippen molar-refractivity contribution < 1.29 is 4.74 Å². The topological polar surface area (TPSA) is 21.3 Å². The molecule has 1 aliphatic heterocycles. The quantitative estimate of drug-likeness (QED) is 0.918. The summed E-state index contributed by atoms with van der Waals surface area (Å²) < 4.78 is 6.36. The first kappa shape index (κ1) is 13.2. The molecule has 0 amide bonds. The van der Waals surface area contributed by atoms with Crippen molar-refractivity contribution in [2.45, 2.75) is 19.3 Å². The second kappa shape index (κ2) is 6.07. The van der Waals surface area contributed by atoms with E-state index in [9.17, 15) is 0 Å². The summed E-state index contributed by atoms with van der Waals surface area (Å²) in [5, 5.41) is 4.13. The predicted octanol–water partition coefficient (Wildman–Crippen LogP) is 3.65. The number of halogens is 2. The molecular weight excluding hydrogens is 302 g/mol. The normalized spacial score (nSPS) is 17.1. The van der Waals surface area contributed by atoms with Crippen molar-refractivity contribution in [3.63, 3.8) is 0 Å². The number of hydrogen-bond donors (Lipinski definition) is 1. The van der Waals surface area contributed by atoms with Gasteiger partial charge < -0.3 is 10.1 Å². The average Bonchev–Trinajstić information content (AvgIpc) is 2.34. The molecule has 4 heteroatoms. The molecule has 0 unspecified atom stereocenters. The zero-order valence-corrected chi connectivity index (χ0v) is 12.3. The van der Waals surface area contributed by atoms with Crippen LogP contribution < -0.4 is 10.1 Å². The van der Waals surface area contributed by atoms with Crippen LogP contribution in [0.1, 0.15) is 18.4 Å². The van der Waals surface area contributed by atoms with Crippen LogP contribution in [-0.2, 0) is 6.42 Å². The van der Waals surface area contributed by atoms with Gasteiger partial charge in [0.25, 0.3) is 0 Å². The lowest BCUT2D eigenvalue weighted by Gasteiger charge is -2.23. The molecule has 0 saturated carbocycles. The van der Waals surface area contributed by atoms with E-state index in [1.807, 2.05) is 12.1 Å². The van der Waals surface area contributed by atoms with Gasteiger partial charge in [-0.15, -0.1) is 0 Å². The van der Waals surface area contributed by atoms with Crippen molar-refractivity contribution in [1.29, 1.82) is 0 Å². The number of hydrogen-bond acceptors (Lipinski definition) is 2. The van der Waals surface area contributed by atoms with Crippen molar-refractivity contribution in [1.82, 2.24) is 5.32 Å². The minimum Gasteiger partial charge on any atom is -0.496 e. The van der Waals surface area contributed by atoms with Crippen molar-refractivity contribution >= 4 is 27.5 Å². The summed E-state index contributed by atoms with van der Waals surface area (Å²) in [4.78, 5) is 0. The SMILES string of the molecule is COc1cc(Cl)cc(CC2CCNCC2)c1Br. The number of ether oxygens (including phenoxy) is 1. The van der Waals surface area contributed by atoms with Gasteiger partial charge >= 0.3 is 0 Å². The maximum Gasteiger partial charge on any atom is 0.134 e. The summed E-state index contributed by atoms with van der Waals surface area (Å²) in [6.45, 7) is 2.25. The van der Waals surface area contributed by atoms with Gasteiger partial charge in [-0.2, -0.15) is 0 Å². The van der Waals surface area contributed by atoms with Crippen LogP contribution in [0.25, 0.3) is 0 Å². The fourth-order valence-corrected chi connectivity index (χ4v) is 3.10. The predicted molar refractivity (Wildman–Crippen MR) is 75.0 cm³/mol. The number of nitrogens with one attached hydrogen (secondary N) is 1. The summed E-state index contributed by atoms with van der Waals surface area (Å²) in [6, 6.07) is 3.88. The third-order valence-electron chi connectivity index (χ3n) is 3.27. The van der Waals surface area contributed by atoms with Crippen LogP contribution in [0.15, 0.2) is 16.6 Å². The van der Waals surface area contributed by atoms with Gasteiger partial charge in [0.05, 0.1) is 11.6 Å². The highest BCUT2D eigenvalue weighted by atomic mass is 79.9. The largest absolute Gasteiger partial charge is 0.496 e. The molecule has 0 spiro atoms. The van der Waals surface area contributed by atoms with Gasteiger partial charge in [-0.1, -0.05) is 11.6 Å². The number of methoxy groups -OCH3 is 1. The van der Waals surface area contributed by atoms with Crippen LogP contribution in [0.4, 0.5) is 0 Å². The second-order valence-electron chi connectivity index (χ2n) is 4.48. The molecule has 1 aromatic rings. The third kappa shape index (κ3) is 3.36. The first-order chi connectivity index (χ1) is 8.20. The second-order valence-corrected chi connectivity index (χ2v) is 5.71. The summed E-state index contributed by atoms with van der Waals surface area (Å²) in [5.41, 5.74) is 1.25. The van der Waals surface area contributed by atoms with Crippen molar-refractivity contribution in [2.24, 2.45) is 5.92 Å². The average molecular weight is 319 g/mol. The molecule has 0 atom stereocenters. The maximum atomic E-state index is 6.11. The van der Waals surface area contributed by atoms with Gasteiger partial charge in [0.2, 0.25) is 0 Å². The standard InChI is InChI=1S/C13H17BrClNO/c1-17-12-8-11(15)7-10(13(12)14)6-9-2-4-16-5-3-9/h7-9,16H,2-6H2,1H3. The lowest BCUT2D eigenvalue weighted by Crippen LogP contribution is -2.28. The molecule has 1 aromatic carbocycles. The third-order valence-corrected chi connectivity index (χ3v) is 4.38. The zero-order valence-electron chi connectivity index (χ0n) is 9.93. The molecule has 1 aliphatic rings. The van der Waals surface area contributed by atoms with E-state index < -0.39 is 0 Å². The minimum absolute atomic E-state index is 0.744. The summed E-state index contributed by atoms with van der Waals surface area (Å²) in [6.07, 6.45) is 3.54. The fourth-order valence-electron chi connectivity index (χ4n) is 2.31. The van der Waals surface area contributed by atoms with E-state index in [2.05, 4.69) is 21.2 Å². The Labute approximate surface area is 116 Å². The van der Waals surface area contributed by atoms with Gasteiger partial charge in [-0.3, -0.25) is 0 Å². The number of piperidine rings is 1. The Morgan fingerprint density at radius 1 is 1.41 bits per heavy atom. The lowest BCUT2D eigenvalue weighted by molar-refractivity contribution is 0.370. The molecule has 1 fully saturated rings. The smallest absolute Gasteiger partial charge is 0.134 e. The number of benzene rings is 1. The van der Waals surface area contributed by atoms with Gasteiger partial charge in [-0.05, 0) is 71.9 Å². The van der Waals surface area contributed by atoms with Gasteiger partial charge in [0.15, 0.2) is 0 Å². The summed E-state index contributed by atoms with van der Waals surface area (Å²) in [7, 11) is 1.67. The highest BCUT2D eigenvalue weighted by Crippen LogP contribution is 2.34. The van der Waals surface area contributed by atoms with Crippen molar-refractivity contribution in [3.05, 3.63) is 27.2 Å². The van der Waals surface area contributed by atoms with E-state index in [1.165, 1.54) is 18.4 Å². The molecule has 2 nitrogen and oxygen atoms in total. The Balaban J connectivity index is 2.16. The van der Waals surface area contributed by atoms with Gasteiger partial charge in [0.1, 0.15) is 5.75 Å². The first-order valence-corrected chi connectivity index (χ1v) is 7.10.